The van der Waals surface area contributed by atoms with Crippen molar-refractivity contribution in [1.29, 1.82) is 0 Å². The normalized spacial score (nSPS) is 11.9. The van der Waals surface area contributed by atoms with Crippen molar-refractivity contribution in [1.82, 2.24) is 19.6 Å². The Bertz CT molecular complexity index is 1760. The third-order valence-electron chi connectivity index (χ3n) is 6.26. The molecule has 7 nitrogen and oxygen atoms in total. The second-order valence-corrected chi connectivity index (χ2v) is 10.4. The lowest BCUT2D eigenvalue weighted by Gasteiger charge is -2.14. The van der Waals surface area contributed by atoms with E-state index in [1.54, 1.807) is 37.6 Å². The molecule has 192 valence electrons. The number of alkyl halides is 1. The van der Waals surface area contributed by atoms with Crippen molar-refractivity contribution < 1.29 is 18.3 Å². The van der Waals surface area contributed by atoms with Crippen LogP contribution in [0, 0.1) is 6.92 Å². The number of imidazole rings is 1. The molecule has 4 aromatic heterocycles. The van der Waals surface area contributed by atoms with Crippen molar-refractivity contribution in [2.75, 3.05) is 7.11 Å². The number of aromatic nitrogens is 4. The number of furan rings is 1. The Morgan fingerprint density at radius 1 is 1.05 bits per heavy atom. The highest BCUT2D eigenvalue weighted by Crippen LogP contribution is 2.37. The van der Waals surface area contributed by atoms with Gasteiger partial charge in [0.1, 0.15) is 40.1 Å². The van der Waals surface area contributed by atoms with E-state index in [1.165, 1.54) is 11.3 Å². The van der Waals surface area contributed by atoms with Gasteiger partial charge >= 0.3 is 0 Å². The van der Waals surface area contributed by atoms with Gasteiger partial charge in [-0.1, -0.05) is 24.3 Å². The lowest BCUT2D eigenvalue weighted by Crippen LogP contribution is -2.08. The third kappa shape index (κ3) is 4.61. The Balaban J connectivity index is 1.26. The van der Waals surface area contributed by atoms with Crippen LogP contribution in [0.5, 0.6) is 11.5 Å². The zero-order chi connectivity index (χ0) is 26.4. The van der Waals surface area contributed by atoms with Crippen molar-refractivity contribution in [3.05, 3.63) is 83.1 Å². The van der Waals surface area contributed by atoms with Gasteiger partial charge in [-0.15, -0.1) is 11.3 Å². The van der Waals surface area contributed by atoms with Gasteiger partial charge in [-0.2, -0.15) is 5.10 Å². The van der Waals surface area contributed by atoms with E-state index in [-0.39, 0.29) is 6.61 Å². The zero-order valence-corrected chi connectivity index (χ0v) is 22.2. The smallest absolute Gasteiger partial charge is 0.155 e. The SMILES string of the molecule is COc1cc(OCc2csc(-c3ccc(C(C)(C)F)cc3)n2)c2cc(-c3cn4nc(C)ccc4n3)oc2c1. The van der Waals surface area contributed by atoms with Gasteiger partial charge in [0.05, 0.1) is 30.1 Å². The molecule has 0 radical (unpaired) electrons. The van der Waals surface area contributed by atoms with Gasteiger partial charge in [0.25, 0.3) is 0 Å². The van der Waals surface area contributed by atoms with E-state index in [2.05, 4.69) is 10.1 Å². The van der Waals surface area contributed by atoms with Crippen LogP contribution in [0.1, 0.15) is 30.8 Å². The Hall–Kier alpha value is -4.24. The molecule has 0 saturated carbocycles. The lowest BCUT2D eigenvalue weighted by atomic mass is 9.99. The molecule has 9 heteroatoms. The molecule has 0 aliphatic rings. The maximum Gasteiger partial charge on any atom is 0.155 e. The molecule has 0 bridgehead atoms. The summed E-state index contributed by atoms with van der Waals surface area (Å²) in [4.78, 5) is 9.36. The van der Waals surface area contributed by atoms with E-state index in [4.69, 9.17) is 18.9 Å². The molecule has 6 aromatic rings. The molecular weight excluding hydrogens is 503 g/mol. The lowest BCUT2D eigenvalue weighted by molar-refractivity contribution is 0.221. The van der Waals surface area contributed by atoms with Crippen molar-refractivity contribution in [2.24, 2.45) is 0 Å². The van der Waals surface area contributed by atoms with E-state index in [0.717, 1.165) is 33.0 Å². The second-order valence-electron chi connectivity index (χ2n) is 9.53. The van der Waals surface area contributed by atoms with Crippen molar-refractivity contribution in [3.8, 4) is 33.5 Å². The number of methoxy groups -OCH3 is 1. The molecule has 0 saturated heterocycles. The largest absolute Gasteiger partial charge is 0.496 e. The van der Waals surface area contributed by atoms with E-state index < -0.39 is 5.67 Å². The van der Waals surface area contributed by atoms with Gasteiger partial charge < -0.3 is 13.9 Å². The molecule has 38 heavy (non-hydrogen) atoms. The number of hydrogen-bond acceptors (Lipinski definition) is 7. The summed E-state index contributed by atoms with van der Waals surface area (Å²) in [5, 5.41) is 8.09. The van der Waals surface area contributed by atoms with E-state index in [1.807, 2.05) is 61.0 Å². The molecule has 2 aromatic carbocycles. The topological polar surface area (TPSA) is 74.7 Å². The van der Waals surface area contributed by atoms with Crippen molar-refractivity contribution in [3.63, 3.8) is 0 Å². The van der Waals surface area contributed by atoms with Gasteiger partial charge in [-0.25, -0.2) is 18.9 Å². The monoisotopic (exact) mass is 528 g/mol. The molecule has 0 amide bonds. The summed E-state index contributed by atoms with van der Waals surface area (Å²) < 4.78 is 33.8. The molecule has 0 N–H and O–H groups in total. The van der Waals surface area contributed by atoms with Crippen LogP contribution >= 0.6 is 11.3 Å². The van der Waals surface area contributed by atoms with Crippen LogP contribution in [0.2, 0.25) is 0 Å². The van der Waals surface area contributed by atoms with Crippen LogP contribution in [-0.2, 0) is 12.3 Å². The van der Waals surface area contributed by atoms with Crippen molar-refractivity contribution >= 4 is 28.0 Å². The van der Waals surface area contributed by atoms with Crippen LogP contribution in [0.25, 0.3) is 38.6 Å². The summed E-state index contributed by atoms with van der Waals surface area (Å²) in [5.41, 5.74) is 3.94. The molecule has 0 aliphatic carbocycles. The third-order valence-corrected chi connectivity index (χ3v) is 7.20. The average Bonchev–Trinajstić information content (AvgIpc) is 3.64. The highest BCUT2D eigenvalue weighted by Gasteiger charge is 2.19. The maximum atomic E-state index is 14.2. The minimum atomic E-state index is -1.38. The maximum absolute atomic E-state index is 14.2. The summed E-state index contributed by atoms with van der Waals surface area (Å²) >= 11 is 1.52. The van der Waals surface area contributed by atoms with Crippen LogP contribution < -0.4 is 9.47 Å². The van der Waals surface area contributed by atoms with Crippen LogP contribution in [-0.4, -0.2) is 26.7 Å². The molecule has 0 fully saturated rings. The summed E-state index contributed by atoms with van der Waals surface area (Å²) in [5.74, 6) is 1.85. The molecule has 0 atom stereocenters. The fraction of sp³-hybridized carbons (Fsp3) is 0.207. The van der Waals surface area contributed by atoms with Crippen LogP contribution in [0.15, 0.2) is 70.6 Å². The first-order chi connectivity index (χ1) is 18.3. The first-order valence-electron chi connectivity index (χ1n) is 12.1. The fourth-order valence-electron chi connectivity index (χ4n) is 4.21. The number of aryl methyl sites for hydroxylation is 1. The minimum Gasteiger partial charge on any atom is -0.496 e. The standard InChI is InChI=1S/C29H25FN4O3S/c1-17-5-10-27-32-23(14-34(27)33-17)26-13-22-24(11-21(35-4)12-25(22)37-26)36-15-20-16-38-28(31-20)18-6-8-19(9-7-18)29(2,3)30/h5-14,16H,15H2,1-4H3. The number of ether oxygens (including phenoxy) is 2. The number of thiazole rings is 1. The van der Waals surface area contributed by atoms with E-state index in [9.17, 15) is 4.39 Å². The van der Waals surface area contributed by atoms with E-state index >= 15 is 0 Å². The van der Waals surface area contributed by atoms with Crippen molar-refractivity contribution in [2.45, 2.75) is 33.0 Å². The Morgan fingerprint density at radius 3 is 2.63 bits per heavy atom. The zero-order valence-electron chi connectivity index (χ0n) is 21.4. The quantitative estimate of drug-likeness (QED) is 0.215. The van der Waals surface area contributed by atoms with Gasteiger partial charge in [0.15, 0.2) is 11.4 Å². The summed E-state index contributed by atoms with van der Waals surface area (Å²) in [6, 6.07) is 16.8. The van der Waals surface area contributed by atoms with Gasteiger partial charge in [-0.3, -0.25) is 0 Å². The van der Waals surface area contributed by atoms with Gasteiger partial charge in [0, 0.05) is 23.1 Å². The summed E-state index contributed by atoms with van der Waals surface area (Å²) in [6.45, 7) is 5.31. The molecule has 4 heterocycles. The Morgan fingerprint density at radius 2 is 1.87 bits per heavy atom. The number of hydrogen-bond donors (Lipinski definition) is 0. The molecule has 0 aliphatic heterocycles. The molecular formula is C29H25FN4O3S. The number of fused-ring (bicyclic) bond motifs is 2. The Labute approximate surface area is 222 Å². The van der Waals surface area contributed by atoms with E-state index in [0.29, 0.717) is 34.1 Å². The summed E-state index contributed by atoms with van der Waals surface area (Å²) in [6.07, 6.45) is 1.84. The second kappa shape index (κ2) is 9.25. The molecule has 0 spiro atoms. The Kier molecular flexibility index (Phi) is 5.87. The summed E-state index contributed by atoms with van der Waals surface area (Å²) in [7, 11) is 1.60. The first-order valence-corrected chi connectivity index (χ1v) is 13.0. The number of benzene rings is 2. The van der Waals surface area contributed by atoms with Gasteiger partial charge in [0.2, 0.25) is 0 Å². The molecule has 6 rings (SSSR count). The highest BCUT2D eigenvalue weighted by atomic mass is 32.1. The predicted octanol–water partition coefficient (Wildman–Crippen LogP) is 7.37. The fourth-order valence-corrected chi connectivity index (χ4v) is 5.02. The first kappa shape index (κ1) is 24.1. The van der Waals surface area contributed by atoms with Crippen LogP contribution in [0.4, 0.5) is 4.39 Å². The highest BCUT2D eigenvalue weighted by molar-refractivity contribution is 7.13. The van der Waals surface area contributed by atoms with Gasteiger partial charge in [-0.05, 0) is 44.5 Å². The minimum absolute atomic E-state index is 0.270. The number of halogens is 1. The number of rotatable bonds is 7. The molecule has 0 unspecified atom stereocenters. The van der Waals surface area contributed by atoms with Crippen LogP contribution in [0.3, 0.4) is 0 Å². The predicted molar refractivity (Wildman–Crippen MR) is 145 cm³/mol. The average molecular weight is 529 g/mol. The number of nitrogens with zero attached hydrogens (tertiary/aromatic N) is 4.